The first-order chi connectivity index (χ1) is 8.69. The number of allylic oxidation sites excluding steroid dienone is 2. The van der Waals surface area contributed by atoms with Gasteiger partial charge < -0.3 is 4.74 Å². The molecule has 4 heteroatoms. The average molecular weight is 280 g/mol. The third-order valence-electron chi connectivity index (χ3n) is 2.22. The van der Waals surface area contributed by atoms with Gasteiger partial charge in [0.05, 0.1) is 7.11 Å². The van der Waals surface area contributed by atoms with Crippen molar-refractivity contribution in [3.8, 4) is 5.75 Å². The number of ketones is 1. The lowest BCUT2D eigenvalue weighted by Gasteiger charge is -1.99. The Morgan fingerprint density at radius 2 is 1.78 bits per heavy atom. The number of thioether (sulfide) groups is 2. The van der Waals surface area contributed by atoms with Gasteiger partial charge in [-0.1, -0.05) is 18.2 Å². The summed E-state index contributed by atoms with van der Waals surface area (Å²) in [7, 11) is 1.63. The third kappa shape index (κ3) is 5.02. The van der Waals surface area contributed by atoms with Crippen LogP contribution in [0.1, 0.15) is 5.56 Å². The molecule has 0 aliphatic heterocycles. The van der Waals surface area contributed by atoms with Gasteiger partial charge in [0, 0.05) is 10.3 Å². The second-order valence-corrected chi connectivity index (χ2v) is 5.34. The maximum atomic E-state index is 11.7. The Morgan fingerprint density at radius 1 is 1.17 bits per heavy atom. The number of benzene rings is 1. The van der Waals surface area contributed by atoms with Crippen LogP contribution in [0.25, 0.3) is 6.08 Å². The topological polar surface area (TPSA) is 26.3 Å². The van der Waals surface area contributed by atoms with E-state index in [1.807, 2.05) is 36.8 Å². The normalized spacial score (nSPS) is 10.4. The lowest BCUT2D eigenvalue weighted by Crippen LogP contribution is -1.87. The molecule has 0 fully saturated rings. The number of ether oxygens (including phenoxy) is 1. The van der Waals surface area contributed by atoms with E-state index in [9.17, 15) is 4.79 Å². The summed E-state index contributed by atoms with van der Waals surface area (Å²) in [5.74, 6) is 0.815. The van der Waals surface area contributed by atoms with Crippen LogP contribution < -0.4 is 4.74 Å². The first kappa shape index (κ1) is 14.9. The SMILES string of the molecule is COc1ccc(C=CC(=O)C=C(SC)SC)cc1. The molecular formula is C14H16O2S2. The lowest BCUT2D eigenvalue weighted by molar-refractivity contribution is -0.110. The zero-order valence-corrected chi connectivity index (χ0v) is 12.3. The Morgan fingerprint density at radius 3 is 2.28 bits per heavy atom. The molecule has 18 heavy (non-hydrogen) atoms. The molecule has 0 N–H and O–H groups in total. The third-order valence-corrected chi connectivity index (χ3v) is 4.26. The van der Waals surface area contributed by atoms with Crippen LogP contribution in [0.2, 0.25) is 0 Å². The fraction of sp³-hybridized carbons (Fsp3) is 0.214. The highest BCUT2D eigenvalue weighted by Crippen LogP contribution is 2.23. The predicted molar refractivity (Wildman–Crippen MR) is 82.1 cm³/mol. The summed E-state index contributed by atoms with van der Waals surface area (Å²) in [6.07, 6.45) is 8.95. The summed E-state index contributed by atoms with van der Waals surface area (Å²) < 4.78 is 6.08. The van der Waals surface area contributed by atoms with Gasteiger partial charge >= 0.3 is 0 Å². The van der Waals surface area contributed by atoms with Gasteiger partial charge in [0.1, 0.15) is 5.75 Å². The van der Waals surface area contributed by atoms with Crippen molar-refractivity contribution in [1.29, 1.82) is 0 Å². The number of hydrogen-bond acceptors (Lipinski definition) is 4. The standard InChI is InChI=1S/C14H16O2S2/c1-16-13-8-5-11(6-9-13)4-7-12(15)10-14(17-2)18-3/h4-10H,1-3H3. The molecule has 0 aliphatic carbocycles. The van der Waals surface area contributed by atoms with Crippen molar-refractivity contribution in [1.82, 2.24) is 0 Å². The molecule has 1 aromatic rings. The van der Waals surface area contributed by atoms with E-state index in [1.165, 1.54) is 0 Å². The molecule has 0 saturated carbocycles. The fourth-order valence-electron chi connectivity index (χ4n) is 1.26. The molecule has 0 saturated heterocycles. The van der Waals surface area contributed by atoms with E-state index in [0.717, 1.165) is 15.6 Å². The molecule has 0 unspecified atom stereocenters. The maximum absolute atomic E-state index is 11.7. The first-order valence-electron chi connectivity index (χ1n) is 5.35. The van der Waals surface area contributed by atoms with E-state index in [-0.39, 0.29) is 5.78 Å². The van der Waals surface area contributed by atoms with E-state index in [2.05, 4.69) is 0 Å². The molecule has 0 atom stereocenters. The summed E-state index contributed by atoms with van der Waals surface area (Å²) in [4.78, 5) is 11.7. The van der Waals surface area contributed by atoms with E-state index in [0.29, 0.717) is 0 Å². The van der Waals surface area contributed by atoms with E-state index < -0.39 is 0 Å². The molecule has 0 radical (unpaired) electrons. The maximum Gasteiger partial charge on any atom is 0.180 e. The van der Waals surface area contributed by atoms with Crippen LogP contribution in [0.5, 0.6) is 5.75 Å². The predicted octanol–water partition coefficient (Wildman–Crippen LogP) is 3.84. The van der Waals surface area contributed by atoms with Gasteiger partial charge in [-0.25, -0.2) is 0 Å². The van der Waals surface area contributed by atoms with Crippen molar-refractivity contribution in [2.24, 2.45) is 0 Å². The minimum atomic E-state index is 0.00418. The van der Waals surface area contributed by atoms with Gasteiger partial charge in [-0.05, 0) is 36.3 Å². The van der Waals surface area contributed by atoms with E-state index in [4.69, 9.17) is 4.74 Å². The zero-order chi connectivity index (χ0) is 13.4. The molecule has 0 spiro atoms. The van der Waals surface area contributed by atoms with Gasteiger partial charge in [-0.2, -0.15) is 0 Å². The number of methoxy groups -OCH3 is 1. The number of hydrogen-bond donors (Lipinski definition) is 0. The molecule has 2 nitrogen and oxygen atoms in total. The quantitative estimate of drug-likeness (QED) is 0.739. The number of rotatable bonds is 6. The summed E-state index contributed by atoms with van der Waals surface area (Å²) in [6.45, 7) is 0. The largest absolute Gasteiger partial charge is 0.497 e. The Bertz CT molecular complexity index is 441. The summed E-state index contributed by atoms with van der Waals surface area (Å²) >= 11 is 3.16. The number of carbonyl (C=O) groups is 1. The van der Waals surface area contributed by atoms with Crippen LogP contribution in [-0.4, -0.2) is 25.4 Å². The highest BCUT2D eigenvalue weighted by molar-refractivity contribution is 8.21. The van der Waals surface area contributed by atoms with Gasteiger partial charge in [0.15, 0.2) is 5.78 Å². The number of carbonyl (C=O) groups excluding carboxylic acids is 1. The van der Waals surface area contributed by atoms with Crippen LogP contribution in [-0.2, 0) is 4.79 Å². The van der Waals surface area contributed by atoms with Crippen LogP contribution in [0.15, 0.2) is 40.7 Å². The second-order valence-electron chi connectivity index (χ2n) is 3.38. The van der Waals surface area contributed by atoms with Crippen molar-refractivity contribution in [2.45, 2.75) is 0 Å². The molecule has 96 valence electrons. The zero-order valence-electron chi connectivity index (χ0n) is 10.7. The second kappa shape index (κ2) is 8.06. The van der Waals surface area contributed by atoms with Crippen LogP contribution in [0.4, 0.5) is 0 Å². The lowest BCUT2D eigenvalue weighted by atomic mass is 10.2. The molecule has 1 aromatic carbocycles. The monoisotopic (exact) mass is 280 g/mol. The van der Waals surface area contributed by atoms with Gasteiger partial charge in [-0.3, -0.25) is 4.79 Å². The minimum Gasteiger partial charge on any atom is -0.497 e. The Balaban J connectivity index is 2.68. The molecule has 0 aromatic heterocycles. The molecule has 0 amide bonds. The van der Waals surface area contributed by atoms with Gasteiger partial charge in [0.25, 0.3) is 0 Å². The van der Waals surface area contributed by atoms with Crippen molar-refractivity contribution in [2.75, 3.05) is 19.6 Å². The fourth-order valence-corrected chi connectivity index (χ4v) is 2.39. The van der Waals surface area contributed by atoms with Crippen molar-refractivity contribution >= 4 is 35.4 Å². The van der Waals surface area contributed by atoms with Crippen LogP contribution >= 0.6 is 23.5 Å². The minimum absolute atomic E-state index is 0.00418. The highest BCUT2D eigenvalue weighted by atomic mass is 32.2. The summed E-state index contributed by atoms with van der Waals surface area (Å²) in [5.41, 5.74) is 0.979. The molecule has 0 heterocycles. The molecular weight excluding hydrogens is 264 g/mol. The average Bonchev–Trinajstić information content (AvgIpc) is 2.43. The van der Waals surface area contributed by atoms with Crippen LogP contribution in [0, 0.1) is 0 Å². The highest BCUT2D eigenvalue weighted by Gasteiger charge is 1.96. The van der Waals surface area contributed by atoms with Crippen molar-refractivity contribution in [3.05, 3.63) is 46.2 Å². The Kier molecular flexibility index (Phi) is 6.68. The molecule has 0 aliphatic rings. The first-order valence-corrected chi connectivity index (χ1v) is 7.80. The van der Waals surface area contributed by atoms with Gasteiger partial charge in [0.2, 0.25) is 0 Å². The molecule has 0 bridgehead atoms. The summed E-state index contributed by atoms with van der Waals surface area (Å²) in [6, 6.07) is 7.57. The van der Waals surface area contributed by atoms with Crippen molar-refractivity contribution in [3.63, 3.8) is 0 Å². The molecule has 1 rings (SSSR count). The van der Waals surface area contributed by atoms with Crippen LogP contribution in [0.3, 0.4) is 0 Å². The summed E-state index contributed by atoms with van der Waals surface area (Å²) in [5, 5.41) is 0. The van der Waals surface area contributed by atoms with E-state index in [1.54, 1.807) is 48.9 Å². The van der Waals surface area contributed by atoms with Crippen molar-refractivity contribution < 1.29 is 9.53 Å². The Labute approximate surface area is 116 Å². The van der Waals surface area contributed by atoms with Gasteiger partial charge in [-0.15, -0.1) is 23.5 Å². The smallest absolute Gasteiger partial charge is 0.180 e. The van der Waals surface area contributed by atoms with E-state index >= 15 is 0 Å². The Hall–Kier alpha value is -1.13.